The average molecular weight is 380 g/mol. The quantitative estimate of drug-likeness (QED) is 0.821. The smallest absolute Gasteiger partial charge is 0.272 e. The van der Waals surface area contributed by atoms with E-state index in [1.54, 1.807) is 0 Å². The predicted octanol–water partition coefficient (Wildman–Crippen LogP) is 2.96. The van der Waals surface area contributed by atoms with Gasteiger partial charge in [-0.25, -0.2) is 9.97 Å². The minimum atomic E-state index is 0.0401. The van der Waals surface area contributed by atoms with E-state index in [0.29, 0.717) is 11.5 Å². The van der Waals surface area contributed by atoms with Crippen molar-refractivity contribution in [3.05, 3.63) is 46.9 Å². The zero-order valence-electron chi connectivity index (χ0n) is 17.1. The molecule has 2 aromatic rings. The molecule has 3 heterocycles. The number of rotatable bonds is 3. The maximum Gasteiger partial charge on any atom is 0.272 e. The molecule has 28 heavy (non-hydrogen) atoms. The van der Waals surface area contributed by atoms with Crippen molar-refractivity contribution in [3.8, 4) is 0 Å². The Morgan fingerprint density at radius 3 is 2.29 bits per heavy atom. The van der Waals surface area contributed by atoms with Gasteiger partial charge in [0, 0.05) is 51.0 Å². The highest BCUT2D eigenvalue weighted by atomic mass is 16.2. The van der Waals surface area contributed by atoms with Crippen LogP contribution in [0.2, 0.25) is 0 Å². The third-order valence-electron chi connectivity index (χ3n) is 5.96. The lowest BCUT2D eigenvalue weighted by atomic mass is 10.1. The molecule has 0 aliphatic carbocycles. The van der Waals surface area contributed by atoms with Gasteiger partial charge in [0.2, 0.25) is 0 Å². The number of anilines is 2. The highest BCUT2D eigenvalue weighted by Crippen LogP contribution is 2.25. The third kappa shape index (κ3) is 3.68. The summed E-state index contributed by atoms with van der Waals surface area (Å²) in [6, 6.07) is 8.38. The molecule has 148 valence electrons. The van der Waals surface area contributed by atoms with Crippen molar-refractivity contribution in [2.24, 2.45) is 0 Å². The maximum atomic E-state index is 12.7. The first kappa shape index (κ1) is 18.7. The van der Waals surface area contributed by atoms with E-state index in [9.17, 15) is 4.79 Å². The van der Waals surface area contributed by atoms with Gasteiger partial charge in [-0.05, 0) is 50.8 Å². The first-order valence-corrected chi connectivity index (χ1v) is 10.2. The fraction of sp³-hybridized carbons (Fsp3) is 0.500. The highest BCUT2D eigenvalue weighted by molar-refractivity contribution is 5.93. The molecule has 6 heteroatoms. The van der Waals surface area contributed by atoms with Crippen molar-refractivity contribution in [3.63, 3.8) is 0 Å². The zero-order valence-corrected chi connectivity index (χ0v) is 17.1. The van der Waals surface area contributed by atoms with Gasteiger partial charge >= 0.3 is 0 Å². The summed E-state index contributed by atoms with van der Waals surface area (Å²) in [5.74, 6) is 1.57. The van der Waals surface area contributed by atoms with Crippen LogP contribution in [-0.4, -0.2) is 60.0 Å². The van der Waals surface area contributed by atoms with Crippen molar-refractivity contribution in [1.29, 1.82) is 0 Å². The number of hydrogen-bond acceptors (Lipinski definition) is 5. The summed E-state index contributed by atoms with van der Waals surface area (Å²) < 4.78 is 0. The fourth-order valence-electron chi connectivity index (χ4n) is 4.16. The molecule has 2 aliphatic rings. The van der Waals surface area contributed by atoms with E-state index in [4.69, 9.17) is 0 Å². The Morgan fingerprint density at radius 2 is 1.57 bits per heavy atom. The average Bonchev–Trinajstić information content (AvgIpc) is 3.24. The van der Waals surface area contributed by atoms with Crippen LogP contribution < -0.4 is 9.80 Å². The van der Waals surface area contributed by atoms with Crippen LogP contribution in [-0.2, 0) is 0 Å². The molecule has 2 saturated heterocycles. The van der Waals surface area contributed by atoms with Crippen LogP contribution in [0.1, 0.15) is 40.3 Å². The molecule has 0 atom stereocenters. The third-order valence-corrected chi connectivity index (χ3v) is 5.96. The first-order valence-electron chi connectivity index (χ1n) is 10.2. The van der Waals surface area contributed by atoms with E-state index >= 15 is 0 Å². The molecule has 0 bridgehead atoms. The van der Waals surface area contributed by atoms with Crippen LogP contribution in [0.3, 0.4) is 0 Å². The van der Waals surface area contributed by atoms with Gasteiger partial charge in [-0.2, -0.15) is 0 Å². The summed E-state index contributed by atoms with van der Waals surface area (Å²) in [5, 5.41) is 0. The molecular formula is C22H29N5O. The van der Waals surface area contributed by atoms with Crippen LogP contribution in [0.25, 0.3) is 0 Å². The van der Waals surface area contributed by atoms with Gasteiger partial charge in [-0.15, -0.1) is 0 Å². The van der Waals surface area contributed by atoms with Crippen molar-refractivity contribution in [2.75, 3.05) is 49.1 Å². The lowest BCUT2D eigenvalue weighted by Crippen LogP contribution is -2.47. The van der Waals surface area contributed by atoms with Crippen molar-refractivity contribution in [2.45, 2.75) is 33.6 Å². The second kappa shape index (κ2) is 7.78. The fourth-order valence-corrected chi connectivity index (χ4v) is 4.16. The molecule has 0 unspecified atom stereocenters. The summed E-state index contributed by atoms with van der Waals surface area (Å²) >= 11 is 0. The second-order valence-electron chi connectivity index (χ2n) is 7.85. The molecule has 0 saturated carbocycles. The lowest BCUT2D eigenvalue weighted by molar-refractivity contribution is 0.0786. The van der Waals surface area contributed by atoms with E-state index in [1.165, 1.54) is 16.8 Å². The Balaban J connectivity index is 1.48. The largest absolute Gasteiger partial charge is 0.368 e. The molecule has 1 amide bonds. The number of carbonyl (C=O) groups excluding carboxylic acids is 1. The first-order chi connectivity index (χ1) is 13.5. The van der Waals surface area contributed by atoms with Crippen LogP contribution in [0.15, 0.2) is 24.3 Å². The molecule has 6 nitrogen and oxygen atoms in total. The van der Waals surface area contributed by atoms with E-state index in [1.807, 2.05) is 17.9 Å². The summed E-state index contributed by atoms with van der Waals surface area (Å²) in [6.07, 6.45) is 2.17. The SMILES string of the molecule is Cc1nc(C(=O)N2CCCC2)cc(N2CCN(c3cccc(C)c3C)CC2)n1. The minimum absolute atomic E-state index is 0.0401. The Labute approximate surface area is 167 Å². The van der Waals surface area contributed by atoms with Crippen LogP contribution >= 0.6 is 0 Å². The number of carbonyl (C=O) groups is 1. The number of benzene rings is 1. The molecule has 2 fully saturated rings. The van der Waals surface area contributed by atoms with Gasteiger partial charge in [0.15, 0.2) is 0 Å². The Kier molecular flexibility index (Phi) is 5.20. The summed E-state index contributed by atoms with van der Waals surface area (Å²) in [4.78, 5) is 28.4. The van der Waals surface area contributed by atoms with Crippen molar-refractivity contribution >= 4 is 17.4 Å². The summed E-state index contributed by atoms with van der Waals surface area (Å²) in [7, 11) is 0. The zero-order chi connectivity index (χ0) is 19.7. The predicted molar refractivity (Wildman–Crippen MR) is 112 cm³/mol. The minimum Gasteiger partial charge on any atom is -0.368 e. The molecule has 2 aliphatic heterocycles. The van der Waals surface area contributed by atoms with Gasteiger partial charge in [0.25, 0.3) is 5.91 Å². The Morgan fingerprint density at radius 1 is 0.893 bits per heavy atom. The summed E-state index contributed by atoms with van der Waals surface area (Å²) in [6.45, 7) is 11.6. The molecule has 4 rings (SSSR count). The van der Waals surface area contributed by atoms with E-state index in [-0.39, 0.29) is 5.91 Å². The van der Waals surface area contributed by atoms with E-state index < -0.39 is 0 Å². The number of piperazine rings is 1. The van der Waals surface area contributed by atoms with Crippen LogP contribution in [0, 0.1) is 20.8 Å². The van der Waals surface area contributed by atoms with Gasteiger partial charge < -0.3 is 14.7 Å². The number of likely N-dealkylation sites (tertiary alicyclic amines) is 1. The topological polar surface area (TPSA) is 52.6 Å². The molecule has 0 spiro atoms. The summed E-state index contributed by atoms with van der Waals surface area (Å²) in [5.41, 5.74) is 4.54. The Bertz CT molecular complexity index is 867. The lowest BCUT2D eigenvalue weighted by Gasteiger charge is -2.37. The van der Waals surface area contributed by atoms with Crippen LogP contribution in [0.4, 0.5) is 11.5 Å². The maximum absolute atomic E-state index is 12.7. The van der Waals surface area contributed by atoms with E-state index in [2.05, 4.69) is 51.8 Å². The van der Waals surface area contributed by atoms with Gasteiger partial charge in [-0.1, -0.05) is 12.1 Å². The molecule has 1 aromatic heterocycles. The van der Waals surface area contributed by atoms with Gasteiger partial charge in [0.05, 0.1) is 0 Å². The molecule has 1 aromatic carbocycles. The van der Waals surface area contributed by atoms with Crippen LogP contribution in [0.5, 0.6) is 0 Å². The number of amides is 1. The normalized spacial score (nSPS) is 17.3. The van der Waals surface area contributed by atoms with Crippen molar-refractivity contribution in [1.82, 2.24) is 14.9 Å². The Hall–Kier alpha value is -2.63. The molecule has 0 radical (unpaired) electrons. The monoisotopic (exact) mass is 379 g/mol. The number of aromatic nitrogens is 2. The van der Waals surface area contributed by atoms with Gasteiger partial charge in [-0.3, -0.25) is 4.79 Å². The number of nitrogens with zero attached hydrogens (tertiary/aromatic N) is 5. The standard InChI is InChI=1S/C22H29N5O/c1-16-7-6-8-20(17(16)2)25-11-13-26(14-12-25)21-15-19(23-18(3)24-21)22(28)27-9-4-5-10-27/h6-8,15H,4-5,9-14H2,1-3H3. The van der Waals surface area contributed by atoms with Gasteiger partial charge in [0.1, 0.15) is 17.3 Å². The second-order valence-corrected chi connectivity index (χ2v) is 7.85. The number of hydrogen-bond donors (Lipinski definition) is 0. The highest BCUT2D eigenvalue weighted by Gasteiger charge is 2.24. The molecular weight excluding hydrogens is 350 g/mol. The van der Waals surface area contributed by atoms with E-state index in [0.717, 1.165) is 57.9 Å². The number of aryl methyl sites for hydroxylation is 2. The van der Waals surface area contributed by atoms with Crippen molar-refractivity contribution < 1.29 is 4.79 Å². The molecule has 0 N–H and O–H groups in total.